The van der Waals surface area contributed by atoms with Crippen LogP contribution in [0.4, 0.5) is 4.79 Å². The average molecular weight is 237 g/mol. The Morgan fingerprint density at radius 2 is 1.94 bits per heavy atom. The monoisotopic (exact) mass is 237 g/mol. The highest BCUT2D eigenvalue weighted by molar-refractivity contribution is 6.00. The van der Waals surface area contributed by atoms with Crippen molar-refractivity contribution in [1.82, 2.24) is 5.32 Å². The molecule has 0 aromatic rings. The topological polar surface area (TPSA) is 55.4 Å². The van der Waals surface area contributed by atoms with E-state index in [4.69, 9.17) is 4.74 Å². The predicted molar refractivity (Wildman–Crippen MR) is 64.3 cm³/mol. The Labute approximate surface area is 102 Å². The third kappa shape index (κ3) is 5.96. The highest BCUT2D eigenvalue weighted by Crippen LogP contribution is 2.27. The number of ether oxygens (including phenoxy) is 1. The standard InChI is InChI=1S/C13H19NO3/c1-9(11(15)8-7-10-5-6-10)14-12(16)17-13(2,3)4/h9-10H,5-6H2,1-4H3,(H,14,16)/t9-/m0/s1. The molecule has 4 nitrogen and oxygen atoms in total. The van der Waals surface area contributed by atoms with Crippen LogP contribution in [0.2, 0.25) is 0 Å². The highest BCUT2D eigenvalue weighted by Gasteiger charge is 2.21. The maximum atomic E-state index is 11.5. The first kappa shape index (κ1) is 13.6. The molecule has 1 fully saturated rings. The first-order valence-corrected chi connectivity index (χ1v) is 5.83. The molecule has 1 amide bonds. The number of rotatable bonds is 2. The molecule has 1 aliphatic carbocycles. The second kappa shape index (κ2) is 5.22. The fourth-order valence-corrected chi connectivity index (χ4v) is 1.06. The molecular formula is C13H19NO3. The largest absolute Gasteiger partial charge is 0.444 e. The summed E-state index contributed by atoms with van der Waals surface area (Å²) in [6.45, 7) is 6.91. The van der Waals surface area contributed by atoms with Gasteiger partial charge in [0.05, 0.1) is 0 Å². The number of Topliss-reactive ketones (excluding diaryl/α,β-unsaturated/α-hetero) is 1. The van der Waals surface area contributed by atoms with E-state index >= 15 is 0 Å². The first-order chi connectivity index (χ1) is 7.78. The summed E-state index contributed by atoms with van der Waals surface area (Å²) in [6.07, 6.45) is 1.56. The number of carbonyl (C=O) groups excluding carboxylic acids is 2. The number of hydrogen-bond acceptors (Lipinski definition) is 3. The molecule has 0 unspecified atom stereocenters. The summed E-state index contributed by atoms with van der Waals surface area (Å²) in [4.78, 5) is 22.9. The molecule has 1 aliphatic rings. The van der Waals surface area contributed by atoms with Crippen molar-refractivity contribution in [3.8, 4) is 11.8 Å². The Morgan fingerprint density at radius 3 is 2.41 bits per heavy atom. The van der Waals surface area contributed by atoms with Gasteiger partial charge in [-0.3, -0.25) is 4.79 Å². The van der Waals surface area contributed by atoms with E-state index in [-0.39, 0.29) is 5.78 Å². The predicted octanol–water partition coefficient (Wildman–Crippen LogP) is 1.88. The fraction of sp³-hybridized carbons (Fsp3) is 0.692. The van der Waals surface area contributed by atoms with E-state index < -0.39 is 17.7 Å². The zero-order valence-corrected chi connectivity index (χ0v) is 10.8. The van der Waals surface area contributed by atoms with E-state index in [2.05, 4.69) is 17.2 Å². The molecule has 0 aromatic heterocycles. The van der Waals surface area contributed by atoms with Gasteiger partial charge in [0.15, 0.2) is 0 Å². The Bertz CT molecular complexity index is 366. The lowest BCUT2D eigenvalue weighted by molar-refractivity contribution is -0.115. The van der Waals surface area contributed by atoms with Crippen molar-refractivity contribution in [2.24, 2.45) is 5.92 Å². The van der Waals surface area contributed by atoms with Crippen LogP contribution in [-0.4, -0.2) is 23.5 Å². The minimum atomic E-state index is -0.629. The van der Waals surface area contributed by atoms with Crippen molar-refractivity contribution in [2.75, 3.05) is 0 Å². The van der Waals surface area contributed by atoms with E-state index in [0.717, 1.165) is 12.8 Å². The normalized spacial score (nSPS) is 16.5. The summed E-state index contributed by atoms with van der Waals surface area (Å²) in [5.74, 6) is 5.53. The lowest BCUT2D eigenvalue weighted by Gasteiger charge is -2.20. The van der Waals surface area contributed by atoms with Crippen LogP contribution in [0.1, 0.15) is 40.5 Å². The molecule has 1 saturated carbocycles. The van der Waals surface area contributed by atoms with Gasteiger partial charge in [0, 0.05) is 5.92 Å². The Morgan fingerprint density at radius 1 is 1.35 bits per heavy atom. The second-order valence-corrected chi connectivity index (χ2v) is 5.28. The molecule has 0 aliphatic heterocycles. The Balaban J connectivity index is 2.37. The van der Waals surface area contributed by atoms with Crippen molar-refractivity contribution in [3.63, 3.8) is 0 Å². The molecule has 94 valence electrons. The van der Waals surface area contributed by atoms with Crippen LogP contribution in [0.25, 0.3) is 0 Å². The molecule has 0 bridgehead atoms. The van der Waals surface area contributed by atoms with E-state index in [1.54, 1.807) is 27.7 Å². The maximum absolute atomic E-state index is 11.5. The molecule has 0 radical (unpaired) electrons. The van der Waals surface area contributed by atoms with Gasteiger partial charge in [0.25, 0.3) is 0 Å². The summed E-state index contributed by atoms with van der Waals surface area (Å²) < 4.78 is 5.05. The van der Waals surface area contributed by atoms with Crippen LogP contribution in [0, 0.1) is 17.8 Å². The van der Waals surface area contributed by atoms with Gasteiger partial charge in [-0.15, -0.1) is 0 Å². The molecule has 0 heterocycles. The zero-order chi connectivity index (χ0) is 13.1. The van der Waals surface area contributed by atoms with Crippen molar-refractivity contribution < 1.29 is 14.3 Å². The molecule has 1 N–H and O–H groups in total. The van der Waals surface area contributed by atoms with Gasteiger partial charge < -0.3 is 10.1 Å². The SMILES string of the molecule is C[C@H](NC(=O)OC(C)(C)C)C(=O)C#CC1CC1. The summed E-state index contributed by atoms with van der Waals surface area (Å²) in [7, 11) is 0. The third-order valence-electron chi connectivity index (χ3n) is 2.10. The molecule has 1 atom stereocenters. The summed E-state index contributed by atoms with van der Waals surface area (Å²) in [5, 5.41) is 2.47. The number of hydrogen-bond donors (Lipinski definition) is 1. The first-order valence-electron chi connectivity index (χ1n) is 5.83. The lowest BCUT2D eigenvalue weighted by atomic mass is 10.2. The van der Waals surface area contributed by atoms with Crippen molar-refractivity contribution >= 4 is 11.9 Å². The number of nitrogens with one attached hydrogen (secondary N) is 1. The van der Waals surface area contributed by atoms with E-state index in [1.165, 1.54) is 0 Å². The van der Waals surface area contributed by atoms with Crippen LogP contribution < -0.4 is 5.32 Å². The van der Waals surface area contributed by atoms with E-state index in [0.29, 0.717) is 5.92 Å². The quantitative estimate of drug-likeness (QED) is 0.589. The maximum Gasteiger partial charge on any atom is 0.408 e. The van der Waals surface area contributed by atoms with Gasteiger partial charge in [0.1, 0.15) is 11.6 Å². The lowest BCUT2D eigenvalue weighted by Crippen LogP contribution is -2.41. The number of ketones is 1. The van der Waals surface area contributed by atoms with Crippen LogP contribution in [-0.2, 0) is 9.53 Å². The average Bonchev–Trinajstić information content (AvgIpc) is 2.93. The van der Waals surface area contributed by atoms with Crippen LogP contribution in [0.3, 0.4) is 0 Å². The smallest absolute Gasteiger partial charge is 0.408 e. The van der Waals surface area contributed by atoms with Crippen molar-refractivity contribution in [1.29, 1.82) is 0 Å². The Hall–Kier alpha value is -1.50. The van der Waals surface area contributed by atoms with Gasteiger partial charge in [-0.2, -0.15) is 0 Å². The van der Waals surface area contributed by atoms with Crippen molar-refractivity contribution in [2.45, 2.75) is 52.2 Å². The summed E-state index contributed by atoms with van der Waals surface area (Å²) >= 11 is 0. The van der Waals surface area contributed by atoms with Gasteiger partial charge in [0.2, 0.25) is 5.78 Å². The van der Waals surface area contributed by atoms with E-state index in [9.17, 15) is 9.59 Å². The molecule has 0 aromatic carbocycles. The molecule has 0 spiro atoms. The fourth-order valence-electron chi connectivity index (χ4n) is 1.06. The summed E-state index contributed by atoms with van der Waals surface area (Å²) in [6, 6.07) is -0.629. The molecule has 1 rings (SSSR count). The molecule has 0 saturated heterocycles. The molecule has 4 heteroatoms. The number of carbonyl (C=O) groups is 2. The van der Waals surface area contributed by atoms with Crippen LogP contribution >= 0.6 is 0 Å². The zero-order valence-electron chi connectivity index (χ0n) is 10.8. The molecular weight excluding hydrogens is 218 g/mol. The minimum Gasteiger partial charge on any atom is -0.444 e. The van der Waals surface area contributed by atoms with Crippen LogP contribution in [0.15, 0.2) is 0 Å². The highest BCUT2D eigenvalue weighted by atomic mass is 16.6. The molecule has 17 heavy (non-hydrogen) atoms. The van der Waals surface area contributed by atoms with Gasteiger partial charge in [-0.1, -0.05) is 5.92 Å². The minimum absolute atomic E-state index is 0.275. The van der Waals surface area contributed by atoms with Crippen molar-refractivity contribution in [3.05, 3.63) is 0 Å². The third-order valence-corrected chi connectivity index (χ3v) is 2.10. The van der Waals surface area contributed by atoms with Gasteiger partial charge in [-0.25, -0.2) is 4.79 Å². The second-order valence-electron chi connectivity index (χ2n) is 5.28. The Kier molecular flexibility index (Phi) is 4.17. The number of alkyl carbamates (subject to hydrolysis) is 1. The van der Waals surface area contributed by atoms with E-state index in [1.807, 2.05) is 0 Å². The number of amides is 1. The van der Waals surface area contributed by atoms with Gasteiger partial charge in [-0.05, 0) is 46.5 Å². The van der Waals surface area contributed by atoms with Gasteiger partial charge >= 0.3 is 6.09 Å². The van der Waals surface area contributed by atoms with Crippen LogP contribution in [0.5, 0.6) is 0 Å². The summed E-state index contributed by atoms with van der Waals surface area (Å²) in [5.41, 5.74) is -0.563.